The minimum atomic E-state index is -0.981. The number of hydrogen-bond acceptors (Lipinski definition) is 2. The lowest BCUT2D eigenvalue weighted by Crippen LogP contribution is -1.82. The molecule has 0 aromatic carbocycles. The largest absolute Gasteiger partial charge is 0.478 e. The molecule has 3 heteroatoms. The molecule has 0 aromatic heterocycles. The summed E-state index contributed by atoms with van der Waals surface area (Å²) in [6.07, 6.45) is 2.08. The first kappa shape index (κ1) is 9.99. The van der Waals surface area contributed by atoms with Gasteiger partial charge in [-0.25, -0.2) is 4.79 Å². The fourth-order valence-corrected chi connectivity index (χ4v) is 0. The summed E-state index contributed by atoms with van der Waals surface area (Å²) in [6.45, 7) is 4.63. The number of carboxylic acid groups (broad SMARTS) is 1. The average molecular weight is 115 g/mol. The lowest BCUT2D eigenvalue weighted by molar-refractivity contribution is -0.131. The van der Waals surface area contributed by atoms with Crippen molar-refractivity contribution in [3.05, 3.63) is 12.7 Å². The summed E-state index contributed by atoms with van der Waals surface area (Å²) in [5.41, 5.74) is 0. The molecular formula is C5H9NO2. The molecule has 3 nitrogen and oxygen atoms in total. The molecule has 0 saturated carbocycles. The molecule has 8 heavy (non-hydrogen) atoms. The van der Waals surface area contributed by atoms with E-state index < -0.39 is 5.97 Å². The molecule has 0 radical (unpaired) electrons. The Balaban J connectivity index is 0. The van der Waals surface area contributed by atoms with Gasteiger partial charge in [0.2, 0.25) is 0 Å². The van der Waals surface area contributed by atoms with Gasteiger partial charge in [-0.2, -0.15) is 0 Å². The predicted octanol–water partition coefficient (Wildman–Crippen LogP) is 0.913. The van der Waals surface area contributed by atoms with Crippen molar-refractivity contribution >= 4 is 12.2 Å². The summed E-state index contributed by atoms with van der Waals surface area (Å²) in [6, 6.07) is 0. The van der Waals surface area contributed by atoms with Crippen LogP contribution in [0.25, 0.3) is 0 Å². The minimum absolute atomic E-state index is 0.833. The second-order valence-electron chi connectivity index (χ2n) is 0.831. The monoisotopic (exact) mass is 115 g/mol. The zero-order valence-corrected chi connectivity index (χ0v) is 4.72. The zero-order valence-electron chi connectivity index (χ0n) is 4.72. The predicted molar refractivity (Wildman–Crippen MR) is 32.3 cm³/mol. The summed E-state index contributed by atoms with van der Waals surface area (Å²) in [7, 11) is 0. The number of hydrogen-bond donors (Lipinski definition) is 2. The Morgan fingerprint density at radius 1 is 1.88 bits per heavy atom. The normalized spacial score (nSPS) is 5.62. The lowest BCUT2D eigenvalue weighted by Gasteiger charge is -1.64. The number of nitrogens with one attached hydrogen (secondary N) is 1. The number of carboxylic acids is 1. The first-order chi connectivity index (χ1) is 3.68. The molecule has 0 aromatic rings. The van der Waals surface area contributed by atoms with Crippen LogP contribution in [-0.4, -0.2) is 17.3 Å². The van der Waals surface area contributed by atoms with Gasteiger partial charge in [0.05, 0.1) is 0 Å². The first-order valence-electron chi connectivity index (χ1n) is 1.99. The van der Waals surface area contributed by atoms with E-state index in [1.54, 1.807) is 6.92 Å². The van der Waals surface area contributed by atoms with Crippen LogP contribution >= 0.6 is 0 Å². The third-order valence-electron chi connectivity index (χ3n) is 0.175. The van der Waals surface area contributed by atoms with E-state index in [2.05, 4.69) is 6.58 Å². The Hall–Kier alpha value is -1.12. The van der Waals surface area contributed by atoms with Gasteiger partial charge in [0.25, 0.3) is 0 Å². The number of carbonyl (C=O) groups is 1. The van der Waals surface area contributed by atoms with Crippen LogP contribution in [0, 0.1) is 5.41 Å². The van der Waals surface area contributed by atoms with Crippen molar-refractivity contribution in [2.24, 2.45) is 0 Å². The van der Waals surface area contributed by atoms with Crippen molar-refractivity contribution in [3.63, 3.8) is 0 Å². The van der Waals surface area contributed by atoms with Crippen LogP contribution in [0.4, 0.5) is 0 Å². The van der Waals surface area contributed by atoms with Gasteiger partial charge in [-0.15, -0.1) is 0 Å². The van der Waals surface area contributed by atoms with Crippen LogP contribution in [0.2, 0.25) is 0 Å². The van der Waals surface area contributed by atoms with E-state index in [0.29, 0.717) is 0 Å². The fraction of sp³-hybridized carbons (Fsp3) is 0.200. The van der Waals surface area contributed by atoms with E-state index in [1.165, 1.54) is 6.21 Å². The summed E-state index contributed by atoms with van der Waals surface area (Å²) in [5.74, 6) is -0.981. The molecule has 0 aliphatic rings. The number of aliphatic carboxylic acids is 1. The van der Waals surface area contributed by atoms with E-state index >= 15 is 0 Å². The summed E-state index contributed by atoms with van der Waals surface area (Å²) in [4.78, 5) is 9.25. The maximum absolute atomic E-state index is 9.25. The third kappa shape index (κ3) is 94.9. The molecule has 0 heterocycles. The van der Waals surface area contributed by atoms with Gasteiger partial charge < -0.3 is 10.5 Å². The van der Waals surface area contributed by atoms with Gasteiger partial charge in [0, 0.05) is 6.08 Å². The van der Waals surface area contributed by atoms with Gasteiger partial charge in [-0.3, -0.25) is 0 Å². The van der Waals surface area contributed by atoms with Crippen molar-refractivity contribution in [1.82, 2.24) is 0 Å². The quantitative estimate of drug-likeness (QED) is 0.394. The standard InChI is InChI=1S/C3H4O2.C2H5N/c1-2-3(4)5;1-2-3/h2H,1H2,(H,4,5);2-3H,1H3. The maximum Gasteiger partial charge on any atom is 0.327 e. The third-order valence-corrected chi connectivity index (χ3v) is 0.175. The van der Waals surface area contributed by atoms with Gasteiger partial charge in [-0.1, -0.05) is 6.58 Å². The molecule has 46 valence electrons. The summed E-state index contributed by atoms with van der Waals surface area (Å²) in [5, 5.41) is 13.7. The molecule has 0 fully saturated rings. The molecule has 0 spiro atoms. The van der Waals surface area contributed by atoms with Crippen molar-refractivity contribution in [3.8, 4) is 0 Å². The first-order valence-corrected chi connectivity index (χ1v) is 1.99. The SMILES string of the molecule is C=CC(=O)O.CC=N. The molecule has 0 unspecified atom stereocenters. The summed E-state index contributed by atoms with van der Waals surface area (Å²) >= 11 is 0. The van der Waals surface area contributed by atoms with E-state index in [9.17, 15) is 4.79 Å². The van der Waals surface area contributed by atoms with Gasteiger partial charge in [-0.05, 0) is 13.1 Å². The van der Waals surface area contributed by atoms with Crippen LogP contribution in [0.1, 0.15) is 6.92 Å². The molecular weight excluding hydrogens is 106 g/mol. The Morgan fingerprint density at radius 3 is 2.00 bits per heavy atom. The maximum atomic E-state index is 9.25. The Bertz CT molecular complexity index is 88.4. The molecule has 0 saturated heterocycles. The second kappa shape index (κ2) is 9.30. The van der Waals surface area contributed by atoms with Crippen LogP contribution in [0.3, 0.4) is 0 Å². The highest BCUT2D eigenvalue weighted by Crippen LogP contribution is 1.54. The van der Waals surface area contributed by atoms with Crippen molar-refractivity contribution in [2.45, 2.75) is 6.92 Å². The molecule has 0 amide bonds. The van der Waals surface area contributed by atoms with Crippen LogP contribution in [0.5, 0.6) is 0 Å². The Labute approximate surface area is 48.2 Å². The van der Waals surface area contributed by atoms with Crippen LogP contribution in [-0.2, 0) is 4.79 Å². The Morgan fingerprint density at radius 2 is 2.00 bits per heavy atom. The van der Waals surface area contributed by atoms with E-state index in [4.69, 9.17) is 10.5 Å². The number of rotatable bonds is 1. The molecule has 0 aliphatic heterocycles. The molecule has 0 aliphatic carbocycles. The average Bonchev–Trinajstić information content (AvgIpc) is 1.69. The Kier molecular flexibility index (Phi) is 11.6. The van der Waals surface area contributed by atoms with Crippen LogP contribution < -0.4 is 0 Å². The molecule has 2 N–H and O–H groups in total. The molecule has 0 bridgehead atoms. The zero-order chi connectivity index (χ0) is 6.99. The van der Waals surface area contributed by atoms with Gasteiger partial charge >= 0.3 is 5.97 Å². The smallest absolute Gasteiger partial charge is 0.327 e. The highest BCUT2D eigenvalue weighted by atomic mass is 16.4. The second-order valence-corrected chi connectivity index (χ2v) is 0.831. The van der Waals surface area contributed by atoms with Crippen molar-refractivity contribution < 1.29 is 9.90 Å². The van der Waals surface area contributed by atoms with E-state index in [1.807, 2.05) is 0 Å². The highest BCUT2D eigenvalue weighted by Gasteiger charge is 1.73. The van der Waals surface area contributed by atoms with Crippen LogP contribution in [0.15, 0.2) is 12.7 Å². The molecule has 0 rings (SSSR count). The van der Waals surface area contributed by atoms with Crippen molar-refractivity contribution in [1.29, 1.82) is 5.41 Å². The fourth-order valence-electron chi connectivity index (χ4n) is 0. The minimum Gasteiger partial charge on any atom is -0.478 e. The van der Waals surface area contributed by atoms with E-state index in [-0.39, 0.29) is 0 Å². The lowest BCUT2D eigenvalue weighted by atomic mass is 10.7. The topological polar surface area (TPSA) is 61.1 Å². The highest BCUT2D eigenvalue weighted by molar-refractivity contribution is 5.78. The van der Waals surface area contributed by atoms with Gasteiger partial charge in [0.15, 0.2) is 0 Å². The molecule has 0 atom stereocenters. The van der Waals surface area contributed by atoms with Gasteiger partial charge in [0.1, 0.15) is 0 Å². The van der Waals surface area contributed by atoms with E-state index in [0.717, 1.165) is 6.08 Å². The van der Waals surface area contributed by atoms with Crippen molar-refractivity contribution in [2.75, 3.05) is 0 Å². The summed E-state index contributed by atoms with van der Waals surface area (Å²) < 4.78 is 0.